The van der Waals surface area contributed by atoms with Gasteiger partial charge in [-0.15, -0.1) is 0 Å². The van der Waals surface area contributed by atoms with E-state index < -0.39 is 10.0 Å². The van der Waals surface area contributed by atoms with Crippen molar-refractivity contribution in [1.29, 1.82) is 0 Å². The number of aromatic nitrogens is 2. The SMILES string of the molecule is Cn1cc(S(=O)(=O)NCC(C)(C)N2CCOCC2)cn1. The summed E-state index contributed by atoms with van der Waals surface area (Å²) in [5.41, 5.74) is -0.251. The van der Waals surface area contributed by atoms with Crippen molar-refractivity contribution in [2.75, 3.05) is 32.8 Å². The van der Waals surface area contributed by atoms with E-state index in [4.69, 9.17) is 4.74 Å². The molecule has 20 heavy (non-hydrogen) atoms. The lowest BCUT2D eigenvalue weighted by molar-refractivity contribution is -0.00803. The number of morpholine rings is 1. The summed E-state index contributed by atoms with van der Waals surface area (Å²) in [6.07, 6.45) is 2.84. The van der Waals surface area contributed by atoms with Crippen molar-refractivity contribution < 1.29 is 13.2 Å². The normalized spacial score (nSPS) is 18.4. The third-order valence-electron chi connectivity index (χ3n) is 3.55. The minimum atomic E-state index is -3.50. The van der Waals surface area contributed by atoms with E-state index in [-0.39, 0.29) is 10.4 Å². The first-order valence-electron chi connectivity index (χ1n) is 6.62. The Morgan fingerprint density at radius 2 is 2.05 bits per heavy atom. The molecule has 0 unspecified atom stereocenters. The van der Waals surface area contributed by atoms with Gasteiger partial charge in [-0.05, 0) is 13.8 Å². The summed E-state index contributed by atoms with van der Waals surface area (Å²) < 4.78 is 33.8. The molecule has 1 saturated heterocycles. The van der Waals surface area contributed by atoms with Crippen molar-refractivity contribution in [2.45, 2.75) is 24.3 Å². The Bertz CT molecular complexity index is 547. The van der Waals surface area contributed by atoms with Crippen LogP contribution in [0, 0.1) is 0 Å². The molecule has 114 valence electrons. The summed E-state index contributed by atoms with van der Waals surface area (Å²) >= 11 is 0. The van der Waals surface area contributed by atoms with E-state index in [1.54, 1.807) is 7.05 Å². The van der Waals surface area contributed by atoms with Gasteiger partial charge in [0, 0.05) is 38.4 Å². The zero-order chi connectivity index (χ0) is 14.8. The summed E-state index contributed by atoms with van der Waals surface area (Å²) in [6.45, 7) is 7.44. The number of aryl methyl sites for hydroxylation is 1. The third kappa shape index (κ3) is 3.57. The molecule has 0 atom stereocenters. The summed E-state index contributed by atoms with van der Waals surface area (Å²) in [4.78, 5) is 2.43. The molecule has 1 aromatic rings. The molecule has 1 aliphatic rings. The van der Waals surface area contributed by atoms with E-state index in [0.717, 1.165) is 13.1 Å². The molecule has 0 aromatic carbocycles. The summed E-state index contributed by atoms with van der Waals surface area (Å²) in [6, 6.07) is 0. The minimum Gasteiger partial charge on any atom is -0.379 e. The van der Waals surface area contributed by atoms with Gasteiger partial charge in [-0.25, -0.2) is 13.1 Å². The highest BCUT2D eigenvalue weighted by molar-refractivity contribution is 7.89. The van der Waals surface area contributed by atoms with Gasteiger partial charge in [0.1, 0.15) is 4.90 Å². The van der Waals surface area contributed by atoms with Crippen LogP contribution < -0.4 is 4.72 Å². The van der Waals surface area contributed by atoms with Crippen molar-refractivity contribution >= 4 is 10.0 Å². The van der Waals surface area contributed by atoms with Crippen LogP contribution in [0.4, 0.5) is 0 Å². The first-order valence-corrected chi connectivity index (χ1v) is 8.11. The van der Waals surface area contributed by atoms with Crippen molar-refractivity contribution in [2.24, 2.45) is 7.05 Å². The van der Waals surface area contributed by atoms with Gasteiger partial charge in [0.2, 0.25) is 10.0 Å². The standard InChI is InChI=1S/C12H22N4O3S/c1-12(2,16-4-6-19-7-5-16)10-14-20(17,18)11-8-13-15(3)9-11/h8-9,14H,4-7,10H2,1-3H3. The Morgan fingerprint density at radius 3 is 2.60 bits per heavy atom. The maximum Gasteiger partial charge on any atom is 0.243 e. The minimum absolute atomic E-state index is 0.192. The Labute approximate surface area is 120 Å². The fraction of sp³-hybridized carbons (Fsp3) is 0.750. The highest BCUT2D eigenvalue weighted by Crippen LogP contribution is 2.16. The maximum atomic E-state index is 12.2. The fourth-order valence-corrected chi connectivity index (χ4v) is 3.36. The second kappa shape index (κ2) is 5.80. The number of nitrogens with zero attached hydrogens (tertiary/aromatic N) is 3. The van der Waals surface area contributed by atoms with Crippen molar-refractivity contribution in [3.63, 3.8) is 0 Å². The molecule has 2 heterocycles. The number of rotatable bonds is 5. The maximum absolute atomic E-state index is 12.2. The Morgan fingerprint density at radius 1 is 1.40 bits per heavy atom. The lowest BCUT2D eigenvalue weighted by atomic mass is 10.0. The topological polar surface area (TPSA) is 76.5 Å². The monoisotopic (exact) mass is 302 g/mol. The summed E-state index contributed by atoms with van der Waals surface area (Å²) in [5, 5.41) is 3.89. The molecule has 0 spiro atoms. The van der Waals surface area contributed by atoms with Crippen LogP contribution in [0.1, 0.15) is 13.8 Å². The van der Waals surface area contributed by atoms with Gasteiger partial charge in [0.25, 0.3) is 0 Å². The van der Waals surface area contributed by atoms with Gasteiger partial charge in [-0.3, -0.25) is 9.58 Å². The van der Waals surface area contributed by atoms with E-state index >= 15 is 0 Å². The molecule has 7 nitrogen and oxygen atoms in total. The van der Waals surface area contributed by atoms with Crippen LogP contribution >= 0.6 is 0 Å². The predicted molar refractivity (Wildman–Crippen MR) is 74.9 cm³/mol. The number of nitrogens with one attached hydrogen (secondary N) is 1. The van der Waals surface area contributed by atoms with Crippen LogP contribution in [-0.4, -0.2) is 61.5 Å². The largest absolute Gasteiger partial charge is 0.379 e. The predicted octanol–water partition coefficient (Wildman–Crippen LogP) is -0.191. The number of hydrogen-bond acceptors (Lipinski definition) is 5. The molecule has 0 saturated carbocycles. The quantitative estimate of drug-likeness (QED) is 0.816. The average molecular weight is 302 g/mol. The van der Waals surface area contributed by atoms with Crippen molar-refractivity contribution in [1.82, 2.24) is 19.4 Å². The smallest absolute Gasteiger partial charge is 0.243 e. The van der Waals surface area contributed by atoms with Gasteiger partial charge in [0.15, 0.2) is 0 Å². The highest BCUT2D eigenvalue weighted by Gasteiger charge is 2.30. The molecule has 1 aliphatic heterocycles. The summed E-state index contributed by atoms with van der Waals surface area (Å²) in [7, 11) is -1.81. The number of ether oxygens (including phenoxy) is 1. The Hall–Kier alpha value is -0.960. The second-order valence-electron chi connectivity index (χ2n) is 5.59. The van der Waals surface area contributed by atoms with Crippen LogP contribution in [0.2, 0.25) is 0 Å². The third-order valence-corrected chi connectivity index (χ3v) is 4.91. The summed E-state index contributed by atoms with van der Waals surface area (Å²) in [5.74, 6) is 0. The second-order valence-corrected chi connectivity index (χ2v) is 7.35. The van der Waals surface area contributed by atoms with Crippen LogP contribution in [0.25, 0.3) is 0 Å². The van der Waals surface area contributed by atoms with E-state index in [1.165, 1.54) is 17.1 Å². The van der Waals surface area contributed by atoms with Gasteiger partial charge in [-0.1, -0.05) is 0 Å². The molecular formula is C12H22N4O3S. The van der Waals surface area contributed by atoms with E-state index in [0.29, 0.717) is 19.8 Å². The first kappa shape index (κ1) is 15.4. The van der Waals surface area contributed by atoms with Crippen molar-refractivity contribution in [3.05, 3.63) is 12.4 Å². The van der Waals surface area contributed by atoms with Gasteiger partial charge in [0.05, 0.1) is 19.4 Å². The molecule has 1 fully saturated rings. The van der Waals surface area contributed by atoms with E-state index in [1.807, 2.05) is 13.8 Å². The lowest BCUT2D eigenvalue weighted by Crippen LogP contribution is -2.55. The molecule has 8 heteroatoms. The highest BCUT2D eigenvalue weighted by atomic mass is 32.2. The first-order chi connectivity index (χ1) is 9.31. The van der Waals surface area contributed by atoms with Gasteiger partial charge >= 0.3 is 0 Å². The van der Waals surface area contributed by atoms with Crippen LogP contribution in [-0.2, 0) is 21.8 Å². The molecular weight excluding hydrogens is 280 g/mol. The molecule has 2 rings (SSSR count). The molecule has 1 aromatic heterocycles. The molecule has 0 amide bonds. The Balaban J connectivity index is 1.99. The van der Waals surface area contributed by atoms with Crippen LogP contribution in [0.15, 0.2) is 17.3 Å². The molecule has 0 aliphatic carbocycles. The van der Waals surface area contributed by atoms with Crippen LogP contribution in [0.3, 0.4) is 0 Å². The lowest BCUT2D eigenvalue weighted by Gasteiger charge is -2.40. The zero-order valence-corrected chi connectivity index (χ0v) is 13.0. The average Bonchev–Trinajstić information content (AvgIpc) is 2.85. The van der Waals surface area contributed by atoms with Crippen molar-refractivity contribution in [3.8, 4) is 0 Å². The van der Waals surface area contributed by atoms with Crippen LogP contribution in [0.5, 0.6) is 0 Å². The molecule has 0 radical (unpaired) electrons. The van der Waals surface area contributed by atoms with E-state index in [2.05, 4.69) is 14.7 Å². The van der Waals surface area contributed by atoms with E-state index in [9.17, 15) is 8.42 Å². The van der Waals surface area contributed by atoms with Gasteiger partial charge < -0.3 is 4.74 Å². The molecule has 0 bridgehead atoms. The number of hydrogen-bond donors (Lipinski definition) is 1. The zero-order valence-electron chi connectivity index (χ0n) is 12.2. The fourth-order valence-electron chi connectivity index (χ4n) is 2.17. The van der Waals surface area contributed by atoms with Gasteiger partial charge in [-0.2, -0.15) is 5.10 Å². The molecule has 1 N–H and O–H groups in total. The number of sulfonamides is 1. The Kier molecular flexibility index (Phi) is 4.48.